The van der Waals surface area contributed by atoms with Crippen LogP contribution in [0.2, 0.25) is 5.02 Å². The first-order chi connectivity index (χ1) is 15.2. The van der Waals surface area contributed by atoms with Gasteiger partial charge in [0, 0.05) is 39.1 Å². The topological polar surface area (TPSA) is 71.4 Å². The number of para-hydroxylation sites is 1. The molecule has 1 amide bonds. The van der Waals surface area contributed by atoms with Crippen molar-refractivity contribution in [3.05, 3.63) is 71.2 Å². The second-order valence-corrected chi connectivity index (χ2v) is 10.1. The highest BCUT2D eigenvalue weighted by Gasteiger charge is 2.23. The van der Waals surface area contributed by atoms with Crippen LogP contribution in [0.25, 0.3) is 21.8 Å². The highest BCUT2D eigenvalue weighted by Crippen LogP contribution is 2.31. The molecule has 0 atom stereocenters. The number of sulfonamides is 1. The number of nitrogens with one attached hydrogen (secondary N) is 1. The number of fused-ring (bicyclic) bond motifs is 3. The van der Waals surface area contributed by atoms with E-state index >= 15 is 0 Å². The number of amides is 1. The molecule has 0 bridgehead atoms. The smallest absolute Gasteiger partial charge is 0.245 e. The number of benzene rings is 3. The fraction of sp³-hybridized carbons (Fsp3) is 0.208. The van der Waals surface area contributed by atoms with Gasteiger partial charge in [-0.2, -0.15) is 0 Å². The molecule has 0 aliphatic rings. The Morgan fingerprint density at radius 1 is 1.03 bits per heavy atom. The molecule has 0 aliphatic heterocycles. The molecule has 4 rings (SSSR count). The Morgan fingerprint density at radius 2 is 1.75 bits per heavy atom. The van der Waals surface area contributed by atoms with Crippen molar-refractivity contribution in [2.75, 3.05) is 22.4 Å². The highest BCUT2D eigenvalue weighted by atomic mass is 35.5. The Hall–Kier alpha value is -3.03. The van der Waals surface area contributed by atoms with Gasteiger partial charge < -0.3 is 9.88 Å². The zero-order chi connectivity index (χ0) is 23.0. The Bertz CT molecular complexity index is 1440. The van der Waals surface area contributed by atoms with E-state index in [0.717, 1.165) is 38.9 Å². The molecule has 0 radical (unpaired) electrons. The number of hydrogen-bond acceptors (Lipinski definition) is 3. The SMILES string of the molecule is CCn1c2ccccc2c2cc(NC(=O)CN(c3ccc(Cl)cc3C)S(C)(=O)=O)ccc21. The van der Waals surface area contributed by atoms with Crippen LogP contribution in [0.5, 0.6) is 0 Å². The summed E-state index contributed by atoms with van der Waals surface area (Å²) in [5.74, 6) is -0.427. The van der Waals surface area contributed by atoms with Gasteiger partial charge in [-0.15, -0.1) is 0 Å². The standard InChI is InChI=1S/C24H24ClN3O3S/c1-4-27-22-8-6-5-7-19(22)20-14-18(10-12-23(20)27)26-24(29)15-28(32(3,30)31)21-11-9-17(25)13-16(21)2/h5-14H,4,15H2,1-3H3,(H,26,29). The van der Waals surface area contributed by atoms with Crippen molar-refractivity contribution in [3.8, 4) is 0 Å². The molecule has 0 unspecified atom stereocenters. The van der Waals surface area contributed by atoms with Gasteiger partial charge in [-0.3, -0.25) is 9.10 Å². The van der Waals surface area contributed by atoms with Crippen molar-refractivity contribution >= 4 is 60.7 Å². The van der Waals surface area contributed by atoms with E-state index in [1.54, 1.807) is 25.1 Å². The molecule has 3 aromatic carbocycles. The van der Waals surface area contributed by atoms with Crippen molar-refractivity contribution in [1.82, 2.24) is 4.57 Å². The van der Waals surface area contributed by atoms with Gasteiger partial charge in [0.2, 0.25) is 15.9 Å². The molecule has 1 N–H and O–H groups in total. The second kappa shape index (κ2) is 8.48. The number of aryl methyl sites for hydroxylation is 2. The number of carbonyl (C=O) groups excluding carboxylic acids is 1. The number of nitrogens with zero attached hydrogens (tertiary/aromatic N) is 2. The van der Waals surface area contributed by atoms with Crippen molar-refractivity contribution in [2.45, 2.75) is 20.4 Å². The number of anilines is 2. The number of hydrogen-bond donors (Lipinski definition) is 1. The molecular weight excluding hydrogens is 446 g/mol. The molecule has 4 aromatic rings. The summed E-state index contributed by atoms with van der Waals surface area (Å²) in [6, 6.07) is 18.8. The van der Waals surface area contributed by atoms with E-state index < -0.39 is 15.9 Å². The van der Waals surface area contributed by atoms with Crippen molar-refractivity contribution in [1.29, 1.82) is 0 Å². The molecule has 32 heavy (non-hydrogen) atoms. The van der Waals surface area contributed by atoms with Crippen molar-refractivity contribution < 1.29 is 13.2 Å². The maximum Gasteiger partial charge on any atom is 0.245 e. The Morgan fingerprint density at radius 3 is 2.44 bits per heavy atom. The maximum atomic E-state index is 12.8. The van der Waals surface area contributed by atoms with Crippen LogP contribution in [0, 0.1) is 6.92 Å². The van der Waals surface area contributed by atoms with Crippen molar-refractivity contribution in [3.63, 3.8) is 0 Å². The molecule has 8 heteroatoms. The molecule has 0 aliphatic carbocycles. The summed E-state index contributed by atoms with van der Waals surface area (Å²) in [6.45, 7) is 4.35. The van der Waals surface area contributed by atoms with Crippen LogP contribution in [0.4, 0.5) is 11.4 Å². The third-order valence-corrected chi connectivity index (χ3v) is 6.85. The zero-order valence-corrected chi connectivity index (χ0v) is 19.7. The van der Waals surface area contributed by atoms with Crippen LogP contribution >= 0.6 is 11.6 Å². The predicted octanol–water partition coefficient (Wildman–Crippen LogP) is 5.18. The van der Waals surface area contributed by atoms with E-state index in [4.69, 9.17) is 11.6 Å². The average molecular weight is 470 g/mol. The number of rotatable bonds is 6. The predicted molar refractivity (Wildman–Crippen MR) is 132 cm³/mol. The first-order valence-corrected chi connectivity index (χ1v) is 12.5. The quantitative estimate of drug-likeness (QED) is 0.423. The van der Waals surface area contributed by atoms with Crippen LogP contribution in [-0.2, 0) is 21.4 Å². The molecular formula is C24H24ClN3O3S. The third kappa shape index (κ3) is 4.18. The van der Waals surface area contributed by atoms with Gasteiger partial charge in [-0.1, -0.05) is 29.8 Å². The van der Waals surface area contributed by atoms with E-state index in [1.807, 2.05) is 30.3 Å². The average Bonchev–Trinajstić information content (AvgIpc) is 3.05. The lowest BCUT2D eigenvalue weighted by Gasteiger charge is -2.23. The van der Waals surface area contributed by atoms with Gasteiger partial charge >= 0.3 is 0 Å². The Kier molecular flexibility index (Phi) is 5.88. The highest BCUT2D eigenvalue weighted by molar-refractivity contribution is 7.92. The maximum absolute atomic E-state index is 12.8. The summed E-state index contributed by atoms with van der Waals surface area (Å²) in [5, 5.41) is 5.49. The second-order valence-electron chi connectivity index (χ2n) is 7.74. The first-order valence-electron chi connectivity index (χ1n) is 10.2. The van der Waals surface area contributed by atoms with E-state index in [1.165, 1.54) is 0 Å². The van der Waals surface area contributed by atoms with Gasteiger partial charge in [0.05, 0.1) is 11.9 Å². The Balaban J connectivity index is 1.65. The van der Waals surface area contributed by atoms with Gasteiger partial charge in [0.1, 0.15) is 6.54 Å². The molecule has 1 heterocycles. The Labute approximate surface area is 192 Å². The molecule has 0 fully saturated rings. The van der Waals surface area contributed by atoms with E-state index in [0.29, 0.717) is 22.0 Å². The van der Waals surface area contributed by atoms with Gasteiger partial charge in [0.15, 0.2) is 0 Å². The minimum atomic E-state index is -3.68. The van der Waals surface area contributed by atoms with Crippen LogP contribution in [0.15, 0.2) is 60.7 Å². The molecule has 0 saturated carbocycles. The molecule has 166 valence electrons. The third-order valence-electron chi connectivity index (χ3n) is 5.49. The fourth-order valence-electron chi connectivity index (χ4n) is 4.08. The van der Waals surface area contributed by atoms with Crippen LogP contribution in [0.1, 0.15) is 12.5 Å². The largest absolute Gasteiger partial charge is 0.341 e. The lowest BCUT2D eigenvalue weighted by Crippen LogP contribution is -2.37. The monoisotopic (exact) mass is 469 g/mol. The van der Waals surface area contributed by atoms with Crippen molar-refractivity contribution in [2.24, 2.45) is 0 Å². The molecule has 1 aromatic heterocycles. The zero-order valence-electron chi connectivity index (χ0n) is 18.1. The molecule has 0 spiro atoms. The lowest BCUT2D eigenvalue weighted by atomic mass is 10.1. The van der Waals surface area contributed by atoms with E-state index in [-0.39, 0.29) is 6.54 Å². The summed E-state index contributed by atoms with van der Waals surface area (Å²) in [6.07, 6.45) is 1.08. The number of halogens is 1. The van der Waals surface area contributed by atoms with Gasteiger partial charge in [-0.05, 0) is 61.9 Å². The first kappa shape index (κ1) is 22.2. The van der Waals surface area contributed by atoms with Crippen LogP contribution in [0.3, 0.4) is 0 Å². The van der Waals surface area contributed by atoms with E-state index in [2.05, 4.69) is 28.9 Å². The fourth-order valence-corrected chi connectivity index (χ4v) is 5.22. The van der Waals surface area contributed by atoms with Crippen LogP contribution < -0.4 is 9.62 Å². The summed E-state index contributed by atoms with van der Waals surface area (Å²) in [4.78, 5) is 12.8. The van der Waals surface area contributed by atoms with Gasteiger partial charge in [0.25, 0.3) is 0 Å². The van der Waals surface area contributed by atoms with Gasteiger partial charge in [-0.25, -0.2) is 8.42 Å². The molecule has 0 saturated heterocycles. The minimum absolute atomic E-state index is 0.337. The normalized spacial score (nSPS) is 11.8. The summed E-state index contributed by atoms with van der Waals surface area (Å²) in [5.41, 5.74) is 3.93. The summed E-state index contributed by atoms with van der Waals surface area (Å²) in [7, 11) is -3.68. The van der Waals surface area contributed by atoms with Crippen LogP contribution in [-0.4, -0.2) is 31.7 Å². The summed E-state index contributed by atoms with van der Waals surface area (Å²) >= 11 is 6.00. The number of carbonyl (C=O) groups is 1. The molecule has 6 nitrogen and oxygen atoms in total. The van der Waals surface area contributed by atoms with E-state index in [9.17, 15) is 13.2 Å². The summed E-state index contributed by atoms with van der Waals surface area (Å²) < 4.78 is 28.2. The lowest BCUT2D eigenvalue weighted by molar-refractivity contribution is -0.114. The minimum Gasteiger partial charge on any atom is -0.341 e. The number of aromatic nitrogens is 1.